The average Bonchev–Trinajstić information content (AvgIpc) is 2.98. The fourth-order valence-corrected chi connectivity index (χ4v) is 4.18. The molecular formula is C19H20N2O3S. The molecule has 0 radical (unpaired) electrons. The van der Waals surface area contributed by atoms with Crippen molar-refractivity contribution in [2.24, 2.45) is 0 Å². The van der Waals surface area contributed by atoms with E-state index >= 15 is 0 Å². The highest BCUT2D eigenvalue weighted by Crippen LogP contribution is 2.20. The Morgan fingerprint density at radius 2 is 1.88 bits per heavy atom. The number of hydrogen-bond acceptors (Lipinski definition) is 3. The number of nitrogens with one attached hydrogen (secondary N) is 2. The molecular weight excluding hydrogens is 336 g/mol. The summed E-state index contributed by atoms with van der Waals surface area (Å²) in [6, 6.07) is 13.0. The molecule has 2 aromatic carbocycles. The van der Waals surface area contributed by atoms with Crippen molar-refractivity contribution in [2.75, 3.05) is 0 Å². The molecule has 0 saturated heterocycles. The van der Waals surface area contributed by atoms with E-state index in [4.69, 9.17) is 0 Å². The molecule has 0 spiro atoms. The minimum atomic E-state index is -3.85. The van der Waals surface area contributed by atoms with E-state index in [9.17, 15) is 13.2 Å². The molecule has 130 valence electrons. The van der Waals surface area contributed by atoms with Gasteiger partial charge in [-0.2, -0.15) is 0 Å². The molecule has 3 rings (SSSR count). The Labute approximate surface area is 147 Å². The number of fused-ring (bicyclic) bond motifs is 1. The highest BCUT2D eigenvalue weighted by atomic mass is 32.2. The Morgan fingerprint density at radius 1 is 1.12 bits per heavy atom. The van der Waals surface area contributed by atoms with Crippen LogP contribution in [0, 0.1) is 13.8 Å². The molecule has 1 amide bonds. The summed E-state index contributed by atoms with van der Waals surface area (Å²) in [4.78, 5) is 15.5. The van der Waals surface area contributed by atoms with Crippen molar-refractivity contribution in [3.8, 4) is 0 Å². The molecule has 0 aliphatic heterocycles. The van der Waals surface area contributed by atoms with Gasteiger partial charge in [0.2, 0.25) is 5.91 Å². The Bertz CT molecular complexity index is 1040. The third kappa shape index (κ3) is 3.74. The van der Waals surface area contributed by atoms with E-state index in [0.29, 0.717) is 12.0 Å². The van der Waals surface area contributed by atoms with Crippen LogP contribution < -0.4 is 4.72 Å². The zero-order chi connectivity index (χ0) is 18.0. The van der Waals surface area contributed by atoms with Gasteiger partial charge in [0.15, 0.2) is 0 Å². The lowest BCUT2D eigenvalue weighted by atomic mass is 10.1. The molecule has 1 aromatic heterocycles. The Balaban J connectivity index is 1.71. The van der Waals surface area contributed by atoms with E-state index in [-0.39, 0.29) is 11.3 Å². The number of para-hydroxylation sites is 1. The third-order valence-electron chi connectivity index (χ3n) is 4.18. The predicted molar refractivity (Wildman–Crippen MR) is 97.9 cm³/mol. The number of rotatable bonds is 5. The van der Waals surface area contributed by atoms with Crippen LogP contribution in [0.15, 0.2) is 53.6 Å². The van der Waals surface area contributed by atoms with E-state index in [1.165, 1.54) is 0 Å². The Morgan fingerprint density at radius 3 is 2.68 bits per heavy atom. The first-order chi connectivity index (χ1) is 11.9. The van der Waals surface area contributed by atoms with Crippen LogP contribution in [0.2, 0.25) is 0 Å². The number of benzene rings is 2. The summed E-state index contributed by atoms with van der Waals surface area (Å²) in [6.07, 6.45) is 2.43. The molecule has 0 atom stereocenters. The molecule has 2 N–H and O–H groups in total. The van der Waals surface area contributed by atoms with E-state index in [1.54, 1.807) is 19.1 Å². The minimum absolute atomic E-state index is 0.103. The number of sulfonamides is 1. The fraction of sp³-hybridized carbons (Fsp3) is 0.211. The van der Waals surface area contributed by atoms with Crippen LogP contribution in [-0.2, 0) is 21.2 Å². The molecule has 0 unspecified atom stereocenters. The highest BCUT2D eigenvalue weighted by Gasteiger charge is 2.20. The SMILES string of the molecule is Cc1ccc(C)c(S(=O)(=O)NC(=O)CCc2c[nH]c3ccccc23)c1. The van der Waals surface area contributed by atoms with Crippen molar-refractivity contribution in [3.05, 3.63) is 65.4 Å². The van der Waals surface area contributed by atoms with Crippen molar-refractivity contribution in [1.29, 1.82) is 0 Å². The maximum absolute atomic E-state index is 12.5. The van der Waals surface area contributed by atoms with Crippen molar-refractivity contribution in [3.63, 3.8) is 0 Å². The van der Waals surface area contributed by atoms with Crippen LogP contribution >= 0.6 is 0 Å². The summed E-state index contributed by atoms with van der Waals surface area (Å²) in [5.74, 6) is -0.508. The molecule has 0 aliphatic rings. The zero-order valence-electron chi connectivity index (χ0n) is 14.2. The Hall–Kier alpha value is -2.60. The van der Waals surface area contributed by atoms with E-state index < -0.39 is 15.9 Å². The standard InChI is InChI=1S/C19H20N2O3S/c1-13-7-8-14(2)18(11-13)25(23,24)21-19(22)10-9-15-12-20-17-6-4-3-5-16(15)17/h3-8,11-12,20H,9-10H2,1-2H3,(H,21,22). The summed E-state index contributed by atoms with van der Waals surface area (Å²) in [5, 5.41) is 1.05. The van der Waals surface area contributed by atoms with Gasteiger partial charge >= 0.3 is 0 Å². The van der Waals surface area contributed by atoms with E-state index in [1.807, 2.05) is 43.5 Å². The lowest BCUT2D eigenvalue weighted by Gasteiger charge is -2.10. The van der Waals surface area contributed by atoms with Gasteiger partial charge in [-0.05, 0) is 49.1 Å². The number of aromatic nitrogens is 1. The third-order valence-corrected chi connectivity index (χ3v) is 5.69. The van der Waals surface area contributed by atoms with Crippen molar-refractivity contribution in [2.45, 2.75) is 31.6 Å². The number of carbonyl (C=O) groups excluding carboxylic acids is 1. The molecule has 0 fully saturated rings. The predicted octanol–water partition coefficient (Wildman–Crippen LogP) is 3.22. The normalized spacial score (nSPS) is 11.6. The van der Waals surface area contributed by atoms with Crippen LogP contribution in [0.25, 0.3) is 10.9 Å². The van der Waals surface area contributed by atoms with Gasteiger partial charge in [-0.3, -0.25) is 4.79 Å². The lowest BCUT2D eigenvalue weighted by molar-refractivity contribution is -0.119. The second-order valence-electron chi connectivity index (χ2n) is 6.16. The van der Waals surface area contributed by atoms with Crippen LogP contribution in [0.3, 0.4) is 0 Å². The maximum atomic E-state index is 12.5. The first kappa shape index (κ1) is 17.2. The molecule has 0 bridgehead atoms. The topological polar surface area (TPSA) is 79.0 Å². The minimum Gasteiger partial charge on any atom is -0.361 e. The largest absolute Gasteiger partial charge is 0.361 e. The van der Waals surface area contributed by atoms with Gasteiger partial charge in [-0.1, -0.05) is 30.3 Å². The molecule has 5 nitrogen and oxygen atoms in total. The number of aryl methyl sites for hydroxylation is 3. The summed E-state index contributed by atoms with van der Waals surface area (Å²) >= 11 is 0. The smallest absolute Gasteiger partial charge is 0.264 e. The molecule has 0 saturated carbocycles. The first-order valence-corrected chi connectivity index (χ1v) is 9.53. The number of hydrogen-bond donors (Lipinski definition) is 2. The first-order valence-electron chi connectivity index (χ1n) is 8.05. The molecule has 6 heteroatoms. The molecule has 0 aliphatic carbocycles. The van der Waals surface area contributed by atoms with Crippen LogP contribution in [0.5, 0.6) is 0 Å². The molecule has 25 heavy (non-hydrogen) atoms. The van der Waals surface area contributed by atoms with Gasteiger partial charge < -0.3 is 4.98 Å². The van der Waals surface area contributed by atoms with E-state index in [0.717, 1.165) is 22.0 Å². The number of carbonyl (C=O) groups is 1. The number of aromatic amines is 1. The van der Waals surface area contributed by atoms with Gasteiger partial charge in [-0.25, -0.2) is 13.1 Å². The summed E-state index contributed by atoms with van der Waals surface area (Å²) in [5.41, 5.74) is 3.44. The summed E-state index contributed by atoms with van der Waals surface area (Å²) < 4.78 is 27.1. The second-order valence-corrected chi connectivity index (χ2v) is 7.81. The highest BCUT2D eigenvalue weighted by molar-refractivity contribution is 7.90. The van der Waals surface area contributed by atoms with Gasteiger partial charge in [0, 0.05) is 23.5 Å². The van der Waals surface area contributed by atoms with Gasteiger partial charge in [0.25, 0.3) is 10.0 Å². The number of amides is 1. The van der Waals surface area contributed by atoms with Gasteiger partial charge in [-0.15, -0.1) is 0 Å². The monoisotopic (exact) mass is 356 g/mol. The Kier molecular flexibility index (Phi) is 4.63. The van der Waals surface area contributed by atoms with Crippen molar-refractivity contribution >= 4 is 26.8 Å². The van der Waals surface area contributed by atoms with Crippen LogP contribution in [0.1, 0.15) is 23.1 Å². The van der Waals surface area contributed by atoms with Crippen LogP contribution in [0.4, 0.5) is 0 Å². The van der Waals surface area contributed by atoms with Gasteiger partial charge in [0.05, 0.1) is 4.90 Å². The average molecular weight is 356 g/mol. The zero-order valence-corrected chi connectivity index (χ0v) is 15.0. The molecule has 1 heterocycles. The van der Waals surface area contributed by atoms with Crippen molar-refractivity contribution < 1.29 is 13.2 Å². The second kappa shape index (κ2) is 6.72. The maximum Gasteiger partial charge on any atom is 0.264 e. The van der Waals surface area contributed by atoms with E-state index in [2.05, 4.69) is 9.71 Å². The van der Waals surface area contributed by atoms with Crippen molar-refractivity contribution in [1.82, 2.24) is 9.71 Å². The lowest BCUT2D eigenvalue weighted by Crippen LogP contribution is -2.31. The number of H-pyrrole nitrogens is 1. The fourth-order valence-electron chi connectivity index (χ4n) is 2.84. The van der Waals surface area contributed by atoms with Crippen LogP contribution in [-0.4, -0.2) is 19.3 Å². The quantitative estimate of drug-likeness (QED) is 0.737. The summed E-state index contributed by atoms with van der Waals surface area (Å²) in [6.45, 7) is 3.53. The summed E-state index contributed by atoms with van der Waals surface area (Å²) in [7, 11) is -3.85. The molecule has 3 aromatic rings. The van der Waals surface area contributed by atoms with Gasteiger partial charge in [0.1, 0.15) is 0 Å².